The van der Waals surface area contributed by atoms with E-state index in [1.165, 1.54) is 5.56 Å². The first kappa shape index (κ1) is 41.0. The molecule has 1 rings (SSSR count). The van der Waals surface area contributed by atoms with Crippen LogP contribution in [-0.2, 0) is 31.5 Å². The fourth-order valence-corrected chi connectivity index (χ4v) is 5.21. The predicted molar refractivity (Wildman–Crippen MR) is 193 cm³/mol. The number of carbonyl (C=O) groups excluding carboxylic acids is 1. The lowest BCUT2D eigenvalue weighted by atomic mass is 9.78. The summed E-state index contributed by atoms with van der Waals surface area (Å²) in [6.45, 7) is 31.3. The lowest BCUT2D eigenvalue weighted by Crippen LogP contribution is -2.18. The summed E-state index contributed by atoms with van der Waals surface area (Å²) in [4.78, 5) is 12.5. The van der Waals surface area contributed by atoms with Crippen molar-refractivity contribution in [2.24, 2.45) is 10.8 Å². The zero-order valence-electron chi connectivity index (χ0n) is 30.6. The summed E-state index contributed by atoms with van der Waals surface area (Å²) in [6.07, 6.45) is 6.70. The van der Waals surface area contributed by atoms with Crippen LogP contribution in [0.15, 0.2) is 47.6 Å². The minimum atomic E-state index is -0.215. The zero-order chi connectivity index (χ0) is 34.6. The summed E-state index contributed by atoms with van der Waals surface area (Å²) in [6, 6.07) is 4.30. The second-order valence-corrected chi connectivity index (χ2v) is 17.4. The Bertz CT molecular complexity index is 1130. The number of benzene rings is 1. The molecule has 0 aliphatic heterocycles. The number of hydrogen-bond donors (Lipinski definition) is 2. The molecule has 1 aromatic carbocycles. The molecule has 0 heterocycles. The highest BCUT2D eigenvalue weighted by atomic mass is 32.2. The van der Waals surface area contributed by atoms with E-state index in [-0.39, 0.29) is 40.7 Å². The number of aliphatic hydroxyl groups is 1. The fourth-order valence-electron chi connectivity index (χ4n) is 4.56. The Kier molecular flexibility index (Phi) is 16.2. The normalized spacial score (nSPS) is 13.7. The first-order valence-corrected chi connectivity index (χ1v) is 17.6. The van der Waals surface area contributed by atoms with Crippen LogP contribution in [0.25, 0.3) is 0 Å². The van der Waals surface area contributed by atoms with Gasteiger partial charge in [0.15, 0.2) is 0 Å². The molecule has 0 fully saturated rings. The average Bonchev–Trinajstić information content (AvgIpc) is 2.89. The highest BCUT2D eigenvalue weighted by Gasteiger charge is 2.26. The van der Waals surface area contributed by atoms with Gasteiger partial charge in [0.05, 0.1) is 13.2 Å². The van der Waals surface area contributed by atoms with Crippen molar-refractivity contribution in [2.45, 2.75) is 120 Å². The van der Waals surface area contributed by atoms with E-state index in [4.69, 9.17) is 9.47 Å². The van der Waals surface area contributed by atoms with Crippen LogP contribution in [0.4, 0.5) is 0 Å². The number of rotatable bonds is 16. The Balaban J connectivity index is 2.46. The number of phenols is 1. The second kappa shape index (κ2) is 17.8. The first-order chi connectivity index (χ1) is 20.6. The smallest absolute Gasteiger partial charge is 0.306 e. The van der Waals surface area contributed by atoms with Crippen molar-refractivity contribution in [2.75, 3.05) is 37.9 Å². The summed E-state index contributed by atoms with van der Waals surface area (Å²) in [5.74, 6) is 1.79. The number of allylic oxidation sites excluding steroid dienone is 4. The Morgan fingerprint density at radius 1 is 0.822 bits per heavy atom. The van der Waals surface area contributed by atoms with Gasteiger partial charge in [0, 0.05) is 24.5 Å². The van der Waals surface area contributed by atoms with E-state index >= 15 is 0 Å². The quantitative estimate of drug-likeness (QED) is 0.106. The Labute approximate surface area is 280 Å². The number of phenolic OH excluding ortho intramolecular Hbond substituents is 1. The number of carbonyl (C=O) groups is 1. The molecule has 0 amide bonds. The van der Waals surface area contributed by atoms with Crippen molar-refractivity contribution < 1.29 is 24.5 Å². The number of aliphatic hydroxyl groups excluding tert-OH is 1. The molecule has 0 atom stereocenters. The molecular weight excluding hydrogens is 580 g/mol. The fraction of sp³-hybridized carbons (Fsp3) is 0.667. The van der Waals surface area contributed by atoms with Crippen molar-refractivity contribution in [3.63, 3.8) is 0 Å². The predicted octanol–water partition coefficient (Wildman–Crippen LogP) is 9.49. The third kappa shape index (κ3) is 15.4. The van der Waals surface area contributed by atoms with Crippen molar-refractivity contribution in [1.82, 2.24) is 0 Å². The van der Waals surface area contributed by atoms with E-state index < -0.39 is 0 Å². The van der Waals surface area contributed by atoms with Crippen LogP contribution < -0.4 is 0 Å². The van der Waals surface area contributed by atoms with Gasteiger partial charge in [-0.1, -0.05) is 114 Å². The molecule has 0 aliphatic carbocycles. The third-order valence-corrected chi connectivity index (χ3v) is 8.75. The molecule has 0 unspecified atom stereocenters. The summed E-state index contributed by atoms with van der Waals surface area (Å²) in [5, 5.41) is 20.9. The van der Waals surface area contributed by atoms with Crippen LogP contribution >= 0.6 is 11.8 Å². The maximum atomic E-state index is 12.5. The standard InChI is InChI=1S/C39H64O5S/c1-28(36(2,3)4)23-30(24-31(27-40)37(5,6)7)16-17-34(41)44-20-22-45-21-19-43-18-14-15-29-25-32(38(8,9)10)35(42)33(26-29)39(11,12)13/h23-26,40,42H,1,14-22,27H2,2-13H3. The Morgan fingerprint density at radius 2 is 1.38 bits per heavy atom. The van der Waals surface area contributed by atoms with Crippen LogP contribution in [0.3, 0.4) is 0 Å². The van der Waals surface area contributed by atoms with Gasteiger partial charge in [-0.2, -0.15) is 11.8 Å². The molecule has 256 valence electrons. The summed E-state index contributed by atoms with van der Waals surface area (Å²) < 4.78 is 11.4. The molecular formula is C39H64O5S. The maximum absolute atomic E-state index is 12.5. The van der Waals surface area contributed by atoms with E-state index in [0.717, 1.165) is 52.2 Å². The van der Waals surface area contributed by atoms with Gasteiger partial charge in [-0.25, -0.2) is 0 Å². The molecule has 5 nitrogen and oxygen atoms in total. The average molecular weight is 645 g/mol. The Morgan fingerprint density at radius 3 is 1.87 bits per heavy atom. The van der Waals surface area contributed by atoms with Gasteiger partial charge in [-0.3, -0.25) is 4.79 Å². The monoisotopic (exact) mass is 644 g/mol. The van der Waals surface area contributed by atoms with Gasteiger partial charge in [-0.05, 0) is 74.3 Å². The number of esters is 1. The lowest BCUT2D eigenvalue weighted by molar-refractivity contribution is -0.142. The number of ether oxygens (including phenoxy) is 2. The van der Waals surface area contributed by atoms with Gasteiger partial charge in [0.1, 0.15) is 12.4 Å². The number of aromatic hydroxyl groups is 1. The largest absolute Gasteiger partial charge is 0.507 e. The zero-order valence-corrected chi connectivity index (χ0v) is 31.4. The molecule has 0 bridgehead atoms. The molecule has 6 heteroatoms. The minimum absolute atomic E-state index is 0.0246. The van der Waals surface area contributed by atoms with Crippen molar-refractivity contribution >= 4 is 17.7 Å². The highest BCUT2D eigenvalue weighted by molar-refractivity contribution is 7.99. The molecule has 2 N–H and O–H groups in total. The number of aryl methyl sites for hydroxylation is 1. The molecule has 0 spiro atoms. The van der Waals surface area contributed by atoms with E-state index in [1.807, 2.05) is 12.2 Å². The van der Waals surface area contributed by atoms with Crippen LogP contribution in [0, 0.1) is 10.8 Å². The summed E-state index contributed by atoms with van der Waals surface area (Å²) in [7, 11) is 0. The maximum Gasteiger partial charge on any atom is 0.306 e. The lowest BCUT2D eigenvalue weighted by Gasteiger charge is -2.28. The molecule has 0 aliphatic rings. The first-order valence-electron chi connectivity index (χ1n) is 16.5. The second-order valence-electron chi connectivity index (χ2n) is 16.2. The van der Waals surface area contributed by atoms with Crippen LogP contribution in [-0.4, -0.2) is 54.1 Å². The molecule has 0 aromatic heterocycles. The Hall–Kier alpha value is -2.02. The van der Waals surface area contributed by atoms with Gasteiger partial charge < -0.3 is 19.7 Å². The molecule has 0 saturated carbocycles. The van der Waals surface area contributed by atoms with E-state index in [2.05, 4.69) is 102 Å². The van der Waals surface area contributed by atoms with Crippen molar-refractivity contribution in [3.05, 3.63) is 64.3 Å². The highest BCUT2D eigenvalue weighted by Crippen LogP contribution is 2.40. The van der Waals surface area contributed by atoms with Crippen molar-refractivity contribution in [1.29, 1.82) is 0 Å². The molecule has 45 heavy (non-hydrogen) atoms. The van der Waals surface area contributed by atoms with Gasteiger partial charge in [0.25, 0.3) is 0 Å². The molecule has 1 aromatic rings. The third-order valence-electron chi connectivity index (χ3n) is 7.84. The van der Waals surface area contributed by atoms with E-state index in [1.54, 1.807) is 11.8 Å². The topological polar surface area (TPSA) is 76.0 Å². The number of hydrogen-bond acceptors (Lipinski definition) is 6. The van der Waals surface area contributed by atoms with E-state index in [9.17, 15) is 15.0 Å². The summed E-state index contributed by atoms with van der Waals surface area (Å²) in [5.41, 5.74) is 5.62. The van der Waals surface area contributed by atoms with Gasteiger partial charge in [-0.15, -0.1) is 0 Å². The van der Waals surface area contributed by atoms with Gasteiger partial charge >= 0.3 is 5.97 Å². The number of thioether (sulfide) groups is 1. The molecule has 0 radical (unpaired) electrons. The van der Waals surface area contributed by atoms with E-state index in [0.29, 0.717) is 32.0 Å². The van der Waals surface area contributed by atoms with Crippen LogP contribution in [0.1, 0.15) is 119 Å². The van der Waals surface area contributed by atoms with Crippen LogP contribution in [0.2, 0.25) is 0 Å². The minimum Gasteiger partial charge on any atom is -0.507 e. The molecule has 0 saturated heterocycles. The van der Waals surface area contributed by atoms with Gasteiger partial charge in [0.2, 0.25) is 0 Å². The van der Waals surface area contributed by atoms with Crippen molar-refractivity contribution in [3.8, 4) is 5.75 Å². The van der Waals surface area contributed by atoms with Crippen LogP contribution in [0.5, 0.6) is 5.75 Å². The SMILES string of the molecule is C=C(C=C(C=C(CO)C(C)(C)C)CCC(=O)OCCSCCOCCCc1cc(C(C)(C)C)c(O)c(C(C)(C)C)c1)C(C)(C)C. The summed E-state index contributed by atoms with van der Waals surface area (Å²) >= 11 is 1.72.